The van der Waals surface area contributed by atoms with Crippen molar-refractivity contribution in [3.8, 4) is 0 Å². The van der Waals surface area contributed by atoms with E-state index < -0.39 is 12.8 Å². The van der Waals surface area contributed by atoms with E-state index in [9.17, 15) is 13.2 Å². The maximum atomic E-state index is 11.5. The van der Waals surface area contributed by atoms with Gasteiger partial charge in [0.2, 0.25) is 0 Å². The average Bonchev–Trinajstić information content (AvgIpc) is 2.01. The first kappa shape index (κ1) is 13.1. The molecular formula is C7H13F3O2S. The molecule has 0 fully saturated rings. The molecule has 80 valence electrons. The molecule has 0 aliphatic carbocycles. The lowest BCUT2D eigenvalue weighted by atomic mass is 10.2. The Balaban J connectivity index is 3.18. The van der Waals surface area contributed by atoms with Gasteiger partial charge < -0.3 is 9.84 Å². The highest BCUT2D eigenvalue weighted by Gasteiger charge is 2.27. The molecule has 0 spiro atoms. The minimum Gasteiger partial charge on any atom is -0.396 e. The Morgan fingerprint density at radius 1 is 1.46 bits per heavy atom. The van der Waals surface area contributed by atoms with Crippen LogP contribution in [0.3, 0.4) is 0 Å². The van der Waals surface area contributed by atoms with Crippen LogP contribution in [-0.2, 0) is 4.74 Å². The van der Waals surface area contributed by atoms with Crippen LogP contribution in [0.1, 0.15) is 6.92 Å². The minimum absolute atomic E-state index is 0.0177. The molecular weight excluding hydrogens is 205 g/mol. The molecule has 2 nitrogen and oxygen atoms in total. The Hall–Kier alpha value is 0.0600. The molecule has 0 aromatic rings. The van der Waals surface area contributed by atoms with Crippen molar-refractivity contribution in [2.45, 2.75) is 13.1 Å². The molecule has 0 aromatic carbocycles. The Kier molecular flexibility index (Phi) is 6.53. The Bertz CT molecular complexity index is 129. The topological polar surface area (TPSA) is 29.5 Å². The van der Waals surface area contributed by atoms with Crippen molar-refractivity contribution in [3.05, 3.63) is 0 Å². The van der Waals surface area contributed by atoms with E-state index in [2.05, 4.69) is 4.74 Å². The summed E-state index contributed by atoms with van der Waals surface area (Å²) >= 11 is 1.24. The third kappa shape index (κ3) is 9.98. The smallest absolute Gasteiger partial charge is 0.396 e. The number of rotatable bonds is 6. The molecule has 13 heavy (non-hydrogen) atoms. The normalized spacial score (nSPS) is 14.5. The highest BCUT2D eigenvalue weighted by atomic mass is 32.2. The molecule has 0 amide bonds. The van der Waals surface area contributed by atoms with Crippen molar-refractivity contribution in [1.82, 2.24) is 0 Å². The van der Waals surface area contributed by atoms with Gasteiger partial charge in [-0.05, 0) is 5.92 Å². The number of hydrogen-bond donors (Lipinski definition) is 1. The predicted octanol–water partition coefficient (Wildman–Crippen LogP) is 1.88. The highest BCUT2D eigenvalue weighted by molar-refractivity contribution is 7.99. The molecule has 0 bridgehead atoms. The number of ether oxygens (including phenoxy) is 1. The van der Waals surface area contributed by atoms with Gasteiger partial charge in [-0.25, -0.2) is 0 Å². The second-order valence-corrected chi connectivity index (χ2v) is 3.72. The third-order valence-electron chi connectivity index (χ3n) is 1.15. The van der Waals surface area contributed by atoms with E-state index in [1.807, 2.05) is 6.92 Å². The van der Waals surface area contributed by atoms with E-state index in [-0.39, 0.29) is 18.5 Å². The zero-order valence-corrected chi connectivity index (χ0v) is 8.12. The zero-order chi connectivity index (χ0) is 10.3. The third-order valence-corrected chi connectivity index (χ3v) is 2.28. The molecule has 0 saturated carbocycles. The van der Waals surface area contributed by atoms with Crippen molar-refractivity contribution in [2.75, 3.05) is 24.9 Å². The number of aliphatic hydroxyl groups is 1. The van der Waals surface area contributed by atoms with Crippen LogP contribution in [0.15, 0.2) is 0 Å². The quantitative estimate of drug-likeness (QED) is 0.545. The van der Waals surface area contributed by atoms with E-state index in [1.165, 1.54) is 11.8 Å². The summed E-state index contributed by atoms with van der Waals surface area (Å²) in [6.07, 6.45) is -4.25. The second kappa shape index (κ2) is 6.50. The van der Waals surface area contributed by atoms with Crippen LogP contribution in [0.2, 0.25) is 0 Å². The van der Waals surface area contributed by atoms with Crippen LogP contribution >= 0.6 is 11.8 Å². The lowest BCUT2D eigenvalue weighted by Crippen LogP contribution is -2.17. The van der Waals surface area contributed by atoms with E-state index in [0.29, 0.717) is 5.75 Å². The van der Waals surface area contributed by atoms with Crippen molar-refractivity contribution < 1.29 is 23.0 Å². The van der Waals surface area contributed by atoms with E-state index >= 15 is 0 Å². The standard InChI is InChI=1S/C7H13F3O2S/c1-6(2-11)3-13-5-12-4-7(8,9)10/h6,11H,2-5H2,1H3. The van der Waals surface area contributed by atoms with Gasteiger partial charge >= 0.3 is 6.18 Å². The van der Waals surface area contributed by atoms with Crippen LogP contribution in [0, 0.1) is 5.92 Å². The second-order valence-electron chi connectivity index (χ2n) is 2.74. The summed E-state index contributed by atoms with van der Waals surface area (Å²) in [6.45, 7) is 0.663. The number of alkyl halides is 3. The fourth-order valence-corrected chi connectivity index (χ4v) is 1.32. The van der Waals surface area contributed by atoms with Gasteiger partial charge in [0, 0.05) is 12.4 Å². The largest absolute Gasteiger partial charge is 0.411 e. The van der Waals surface area contributed by atoms with Gasteiger partial charge in [-0.3, -0.25) is 0 Å². The van der Waals surface area contributed by atoms with Crippen LogP contribution < -0.4 is 0 Å². The highest BCUT2D eigenvalue weighted by Crippen LogP contribution is 2.16. The molecule has 1 N–H and O–H groups in total. The van der Waals surface area contributed by atoms with Crippen molar-refractivity contribution >= 4 is 11.8 Å². The summed E-state index contributed by atoms with van der Waals surface area (Å²) in [6, 6.07) is 0. The van der Waals surface area contributed by atoms with Gasteiger partial charge in [0.25, 0.3) is 0 Å². The first-order valence-electron chi connectivity index (χ1n) is 3.79. The van der Waals surface area contributed by atoms with Gasteiger partial charge in [0.15, 0.2) is 0 Å². The summed E-state index contributed by atoms with van der Waals surface area (Å²) in [7, 11) is 0. The number of halogens is 3. The first-order valence-corrected chi connectivity index (χ1v) is 4.94. The molecule has 1 unspecified atom stereocenters. The van der Waals surface area contributed by atoms with Crippen molar-refractivity contribution in [3.63, 3.8) is 0 Å². The van der Waals surface area contributed by atoms with Crippen molar-refractivity contribution in [1.29, 1.82) is 0 Å². The molecule has 0 aliphatic rings. The van der Waals surface area contributed by atoms with Gasteiger partial charge in [-0.15, -0.1) is 11.8 Å². The number of hydrogen-bond acceptors (Lipinski definition) is 3. The molecule has 0 saturated heterocycles. The van der Waals surface area contributed by atoms with E-state index in [4.69, 9.17) is 5.11 Å². The number of thioether (sulfide) groups is 1. The monoisotopic (exact) mass is 218 g/mol. The Labute approximate surface area is 79.5 Å². The maximum Gasteiger partial charge on any atom is 0.411 e. The van der Waals surface area contributed by atoms with Crippen LogP contribution in [0.25, 0.3) is 0 Å². The summed E-state index contributed by atoms with van der Waals surface area (Å²) in [5, 5.41) is 8.59. The van der Waals surface area contributed by atoms with Gasteiger partial charge in [0.05, 0.1) is 5.94 Å². The minimum atomic E-state index is -4.25. The zero-order valence-electron chi connectivity index (χ0n) is 7.30. The summed E-state index contributed by atoms with van der Waals surface area (Å²) in [4.78, 5) is 0. The SMILES string of the molecule is CC(CO)CSCOCC(F)(F)F. The lowest BCUT2D eigenvalue weighted by molar-refractivity contribution is -0.168. The summed E-state index contributed by atoms with van der Waals surface area (Å²) in [5.41, 5.74) is 0. The molecule has 0 heterocycles. The number of aliphatic hydroxyl groups excluding tert-OH is 1. The van der Waals surface area contributed by atoms with Gasteiger partial charge in [-0.1, -0.05) is 6.92 Å². The fourth-order valence-electron chi connectivity index (χ4n) is 0.518. The summed E-state index contributed by atoms with van der Waals surface area (Å²) < 4.78 is 38.9. The Morgan fingerprint density at radius 3 is 2.54 bits per heavy atom. The first-order chi connectivity index (χ1) is 5.95. The predicted molar refractivity (Wildman–Crippen MR) is 45.6 cm³/mol. The van der Waals surface area contributed by atoms with Crippen LogP contribution in [-0.4, -0.2) is 36.2 Å². The Morgan fingerprint density at radius 2 is 2.08 bits per heavy atom. The molecule has 0 aliphatic heterocycles. The molecule has 1 atom stereocenters. The van der Waals surface area contributed by atoms with E-state index in [0.717, 1.165) is 0 Å². The maximum absolute atomic E-state index is 11.5. The average molecular weight is 218 g/mol. The summed E-state index contributed by atoms with van der Waals surface area (Å²) in [5.74, 6) is 0.720. The van der Waals surface area contributed by atoms with Crippen molar-refractivity contribution in [2.24, 2.45) is 5.92 Å². The van der Waals surface area contributed by atoms with E-state index in [1.54, 1.807) is 0 Å². The van der Waals surface area contributed by atoms with Crippen LogP contribution in [0.5, 0.6) is 0 Å². The fraction of sp³-hybridized carbons (Fsp3) is 1.00. The van der Waals surface area contributed by atoms with Gasteiger partial charge in [0.1, 0.15) is 6.61 Å². The molecule has 6 heteroatoms. The molecule has 0 rings (SSSR count). The molecule has 0 radical (unpaired) electrons. The van der Waals surface area contributed by atoms with Crippen LogP contribution in [0.4, 0.5) is 13.2 Å². The van der Waals surface area contributed by atoms with Gasteiger partial charge in [-0.2, -0.15) is 13.2 Å². The molecule has 0 aromatic heterocycles. The lowest BCUT2D eigenvalue weighted by Gasteiger charge is -2.09.